The van der Waals surface area contributed by atoms with Gasteiger partial charge in [-0.3, -0.25) is 9.59 Å². The molecule has 1 amide bonds. The summed E-state index contributed by atoms with van der Waals surface area (Å²) in [6, 6.07) is 0. The number of carbonyl (C=O) groups excluding carboxylic acids is 2. The van der Waals surface area contributed by atoms with Gasteiger partial charge in [0.15, 0.2) is 0 Å². The van der Waals surface area contributed by atoms with Crippen LogP contribution >= 0.6 is 0 Å². The van der Waals surface area contributed by atoms with Crippen LogP contribution in [0.3, 0.4) is 0 Å². The van der Waals surface area contributed by atoms with Gasteiger partial charge >= 0.3 is 0 Å². The molecular weight excluding hydrogens is 180 g/mol. The van der Waals surface area contributed by atoms with Crippen molar-refractivity contribution in [2.75, 3.05) is 13.7 Å². The standard InChI is InChI=1S/C6H12N2O2.4CH4/c1-5(9)3-6(10)8-4-7-2;;;;/h7H,3-4H2,1-2H3,(H,8,10);4*1H4. The Kier molecular flexibility index (Phi) is 37.6. The lowest BCUT2D eigenvalue weighted by molar-refractivity contribution is -0.127. The molecule has 14 heavy (non-hydrogen) atoms. The van der Waals surface area contributed by atoms with Gasteiger partial charge < -0.3 is 10.6 Å². The maximum absolute atomic E-state index is 10.6. The SMILES string of the molecule is C.C.C.C.CNCNC(=O)CC(C)=O. The molecule has 0 spiro atoms. The number of carbonyl (C=O) groups is 2. The van der Waals surface area contributed by atoms with Crippen molar-refractivity contribution >= 4 is 11.7 Å². The molecule has 0 aliphatic carbocycles. The molecule has 0 aliphatic rings. The molecule has 0 aromatic heterocycles. The molecule has 0 atom stereocenters. The van der Waals surface area contributed by atoms with Crippen LogP contribution in [-0.2, 0) is 9.59 Å². The number of ketones is 1. The zero-order chi connectivity index (χ0) is 7.98. The highest BCUT2D eigenvalue weighted by molar-refractivity contribution is 5.96. The van der Waals surface area contributed by atoms with E-state index in [0.717, 1.165) is 0 Å². The quantitative estimate of drug-likeness (QED) is 0.547. The van der Waals surface area contributed by atoms with Crippen LogP contribution in [0.15, 0.2) is 0 Å². The molecule has 0 fully saturated rings. The fraction of sp³-hybridized carbons (Fsp3) is 0.800. The third kappa shape index (κ3) is 22.5. The van der Waals surface area contributed by atoms with Crippen molar-refractivity contribution in [3.63, 3.8) is 0 Å². The van der Waals surface area contributed by atoms with E-state index < -0.39 is 0 Å². The Morgan fingerprint density at radius 3 is 1.79 bits per heavy atom. The van der Waals surface area contributed by atoms with Crippen LogP contribution in [0.4, 0.5) is 0 Å². The van der Waals surface area contributed by atoms with E-state index in [-0.39, 0.29) is 47.8 Å². The molecule has 0 bridgehead atoms. The zero-order valence-corrected chi connectivity index (χ0v) is 6.23. The van der Waals surface area contributed by atoms with Crippen molar-refractivity contribution in [3.05, 3.63) is 0 Å². The van der Waals surface area contributed by atoms with E-state index in [2.05, 4.69) is 10.6 Å². The van der Waals surface area contributed by atoms with Gasteiger partial charge in [-0.1, -0.05) is 29.7 Å². The van der Waals surface area contributed by atoms with Gasteiger partial charge in [0, 0.05) is 0 Å². The highest BCUT2D eigenvalue weighted by Crippen LogP contribution is 1.79. The molecule has 0 rings (SSSR count). The monoisotopic (exact) mass is 208 g/mol. The van der Waals surface area contributed by atoms with E-state index in [1.807, 2.05) is 0 Å². The van der Waals surface area contributed by atoms with Crippen LogP contribution in [0.1, 0.15) is 43.1 Å². The molecule has 0 heterocycles. The molecular formula is C10H28N2O2. The summed E-state index contributed by atoms with van der Waals surface area (Å²) >= 11 is 0. The first kappa shape index (κ1) is 29.2. The Morgan fingerprint density at radius 2 is 1.50 bits per heavy atom. The van der Waals surface area contributed by atoms with Crippen molar-refractivity contribution in [3.8, 4) is 0 Å². The third-order valence-corrected chi connectivity index (χ3v) is 0.872. The average Bonchev–Trinajstić information content (AvgIpc) is 1.82. The normalized spacial score (nSPS) is 6.43. The van der Waals surface area contributed by atoms with Crippen molar-refractivity contribution in [1.82, 2.24) is 10.6 Å². The van der Waals surface area contributed by atoms with Gasteiger partial charge in [-0.2, -0.15) is 0 Å². The molecule has 0 unspecified atom stereocenters. The predicted octanol–water partition coefficient (Wildman–Crippen LogP) is 1.80. The number of rotatable bonds is 4. The minimum absolute atomic E-state index is 0. The summed E-state index contributed by atoms with van der Waals surface area (Å²) in [6.45, 7) is 1.80. The van der Waals surface area contributed by atoms with E-state index in [9.17, 15) is 9.59 Å². The van der Waals surface area contributed by atoms with E-state index in [1.165, 1.54) is 6.92 Å². The van der Waals surface area contributed by atoms with Gasteiger partial charge in [0.1, 0.15) is 5.78 Å². The third-order valence-electron chi connectivity index (χ3n) is 0.872. The fourth-order valence-corrected chi connectivity index (χ4v) is 0.476. The Hall–Kier alpha value is -0.900. The summed E-state index contributed by atoms with van der Waals surface area (Å²) in [4.78, 5) is 21.0. The van der Waals surface area contributed by atoms with Gasteiger partial charge in [0.05, 0.1) is 13.1 Å². The minimum Gasteiger partial charge on any atom is -0.343 e. The highest BCUT2D eigenvalue weighted by Gasteiger charge is 2.01. The van der Waals surface area contributed by atoms with Gasteiger partial charge in [0.2, 0.25) is 5.91 Å². The van der Waals surface area contributed by atoms with Crippen molar-refractivity contribution in [2.45, 2.75) is 43.1 Å². The van der Waals surface area contributed by atoms with Gasteiger partial charge in [-0.15, -0.1) is 0 Å². The summed E-state index contributed by atoms with van der Waals surface area (Å²) in [7, 11) is 1.72. The maximum Gasteiger partial charge on any atom is 0.228 e. The van der Waals surface area contributed by atoms with Gasteiger partial charge in [-0.05, 0) is 14.0 Å². The van der Waals surface area contributed by atoms with E-state index >= 15 is 0 Å². The Morgan fingerprint density at radius 1 is 1.07 bits per heavy atom. The second kappa shape index (κ2) is 18.0. The fourth-order valence-electron chi connectivity index (χ4n) is 0.476. The van der Waals surface area contributed by atoms with Crippen LogP contribution in [0.5, 0.6) is 0 Å². The molecule has 0 saturated heterocycles. The molecule has 90 valence electrons. The Bertz CT molecular complexity index is 136. The zero-order valence-electron chi connectivity index (χ0n) is 6.23. The van der Waals surface area contributed by atoms with Crippen LogP contribution in [0, 0.1) is 0 Å². The van der Waals surface area contributed by atoms with Gasteiger partial charge in [-0.25, -0.2) is 0 Å². The Balaban J connectivity index is -0.0000000675. The first-order chi connectivity index (χ1) is 4.66. The van der Waals surface area contributed by atoms with E-state index in [1.54, 1.807) is 7.05 Å². The van der Waals surface area contributed by atoms with Crippen molar-refractivity contribution in [1.29, 1.82) is 0 Å². The average molecular weight is 208 g/mol. The second-order valence-corrected chi connectivity index (χ2v) is 2.01. The molecule has 4 heteroatoms. The smallest absolute Gasteiger partial charge is 0.228 e. The molecule has 0 aromatic rings. The summed E-state index contributed by atoms with van der Waals surface area (Å²) in [5.41, 5.74) is 0. The van der Waals surface area contributed by atoms with Crippen LogP contribution in [-0.4, -0.2) is 25.4 Å². The van der Waals surface area contributed by atoms with E-state index in [0.29, 0.717) is 6.67 Å². The van der Waals surface area contributed by atoms with Crippen molar-refractivity contribution in [2.24, 2.45) is 0 Å². The molecule has 4 nitrogen and oxygen atoms in total. The summed E-state index contributed by atoms with van der Waals surface area (Å²) in [5.74, 6) is -0.351. The maximum atomic E-state index is 10.6. The molecule has 0 saturated carbocycles. The second-order valence-electron chi connectivity index (χ2n) is 2.01. The highest BCUT2D eigenvalue weighted by atomic mass is 16.2. The first-order valence-corrected chi connectivity index (χ1v) is 3.07. The van der Waals surface area contributed by atoms with Crippen LogP contribution in [0.25, 0.3) is 0 Å². The lowest BCUT2D eigenvalue weighted by atomic mass is 10.3. The predicted molar refractivity (Wildman–Crippen MR) is 64.3 cm³/mol. The minimum atomic E-state index is -0.234. The number of nitrogens with one attached hydrogen (secondary N) is 2. The van der Waals surface area contributed by atoms with Crippen molar-refractivity contribution < 1.29 is 9.59 Å². The van der Waals surface area contributed by atoms with Crippen LogP contribution < -0.4 is 10.6 Å². The summed E-state index contributed by atoms with van der Waals surface area (Å²) < 4.78 is 0. The molecule has 0 aromatic carbocycles. The first-order valence-electron chi connectivity index (χ1n) is 3.07. The lowest BCUT2D eigenvalue weighted by Crippen LogP contribution is -2.32. The number of Topliss-reactive ketones (excluding diaryl/α,β-unsaturated/α-hetero) is 1. The van der Waals surface area contributed by atoms with E-state index in [4.69, 9.17) is 0 Å². The molecule has 2 N–H and O–H groups in total. The number of hydrogen-bond donors (Lipinski definition) is 2. The summed E-state index contributed by atoms with van der Waals surface area (Å²) in [5, 5.41) is 5.22. The largest absolute Gasteiger partial charge is 0.343 e. The topological polar surface area (TPSA) is 58.2 Å². The number of hydrogen-bond acceptors (Lipinski definition) is 3. The molecule has 0 radical (unpaired) electrons. The van der Waals surface area contributed by atoms with Gasteiger partial charge in [0.25, 0.3) is 0 Å². The lowest BCUT2D eigenvalue weighted by Gasteiger charge is -2.00. The van der Waals surface area contributed by atoms with Crippen LogP contribution in [0.2, 0.25) is 0 Å². The molecule has 0 aliphatic heterocycles. The summed E-state index contributed by atoms with van der Waals surface area (Å²) in [6.07, 6.45) is -0.0261. The Labute approximate surface area is 89.5 Å². The number of amides is 1.